The van der Waals surface area contributed by atoms with E-state index in [1.165, 1.54) is 0 Å². The van der Waals surface area contributed by atoms with Gasteiger partial charge in [-0.2, -0.15) is 0 Å². The molecule has 2 heterocycles. The van der Waals surface area contributed by atoms with Crippen molar-refractivity contribution in [3.8, 4) is 0 Å². The highest BCUT2D eigenvalue weighted by molar-refractivity contribution is 6.65. The van der Waals surface area contributed by atoms with Gasteiger partial charge < -0.3 is 14.3 Å². The van der Waals surface area contributed by atoms with Crippen molar-refractivity contribution in [2.75, 3.05) is 0 Å². The summed E-state index contributed by atoms with van der Waals surface area (Å²) in [6, 6.07) is 12.1. The van der Waals surface area contributed by atoms with Crippen molar-refractivity contribution in [1.82, 2.24) is 4.98 Å². The minimum atomic E-state index is -0.409. The normalized spacial score (nSPS) is 19.8. The van der Waals surface area contributed by atoms with Gasteiger partial charge in [0.25, 0.3) is 0 Å². The maximum absolute atomic E-state index is 6.47. The number of hydrogen-bond acceptors (Lipinski definition) is 2. The van der Waals surface area contributed by atoms with Crippen molar-refractivity contribution in [2.24, 2.45) is 0 Å². The maximum atomic E-state index is 6.47. The van der Waals surface area contributed by atoms with E-state index in [4.69, 9.17) is 20.9 Å². The maximum Gasteiger partial charge on any atom is 0.497 e. The first-order chi connectivity index (χ1) is 10.8. The van der Waals surface area contributed by atoms with Gasteiger partial charge >= 0.3 is 7.12 Å². The van der Waals surface area contributed by atoms with E-state index in [1.54, 1.807) is 0 Å². The summed E-state index contributed by atoms with van der Waals surface area (Å²) in [5, 5.41) is 2.87. The molecule has 23 heavy (non-hydrogen) atoms. The van der Waals surface area contributed by atoms with Crippen LogP contribution in [0.5, 0.6) is 0 Å². The summed E-state index contributed by atoms with van der Waals surface area (Å²) >= 11 is 6.47. The molecule has 0 radical (unpaired) electrons. The molecule has 0 bridgehead atoms. The molecule has 3 aromatic rings. The Kier molecular flexibility index (Phi) is 3.12. The molecule has 0 unspecified atom stereocenters. The molecule has 1 saturated heterocycles. The Morgan fingerprint density at radius 2 is 1.61 bits per heavy atom. The number of benzene rings is 2. The van der Waals surface area contributed by atoms with Gasteiger partial charge in [-0.1, -0.05) is 35.9 Å². The molecule has 0 amide bonds. The van der Waals surface area contributed by atoms with Crippen LogP contribution >= 0.6 is 11.6 Å². The molecule has 2 aromatic carbocycles. The summed E-state index contributed by atoms with van der Waals surface area (Å²) in [7, 11) is -0.409. The molecule has 0 aliphatic carbocycles. The Morgan fingerprint density at radius 1 is 0.957 bits per heavy atom. The Hall–Kier alpha value is -1.49. The van der Waals surface area contributed by atoms with E-state index >= 15 is 0 Å². The van der Waals surface area contributed by atoms with Crippen molar-refractivity contribution in [3.05, 3.63) is 41.4 Å². The standard InChI is InChI=1S/C18H19BClNO2/c1-17(2)18(3,4)23-19(22-17)12-9-10-13(20)15-11-7-5-6-8-14(11)21-16(12)15/h5-10,21H,1-4H3. The van der Waals surface area contributed by atoms with Crippen LogP contribution in [-0.2, 0) is 9.31 Å². The minimum absolute atomic E-state index is 0.365. The summed E-state index contributed by atoms with van der Waals surface area (Å²) in [5.74, 6) is 0. The summed E-state index contributed by atoms with van der Waals surface area (Å²) in [6.07, 6.45) is 0. The van der Waals surface area contributed by atoms with E-state index in [2.05, 4.69) is 44.8 Å². The zero-order valence-electron chi connectivity index (χ0n) is 13.7. The molecule has 0 atom stereocenters. The van der Waals surface area contributed by atoms with Gasteiger partial charge in [-0.15, -0.1) is 0 Å². The average molecular weight is 328 g/mol. The van der Waals surface area contributed by atoms with Crippen LogP contribution in [0.25, 0.3) is 21.8 Å². The number of para-hydroxylation sites is 1. The second-order valence-corrected chi connectivity index (χ2v) is 7.55. The van der Waals surface area contributed by atoms with Crippen LogP contribution in [0.3, 0.4) is 0 Å². The monoisotopic (exact) mass is 327 g/mol. The zero-order valence-corrected chi connectivity index (χ0v) is 14.5. The second kappa shape index (κ2) is 4.76. The minimum Gasteiger partial charge on any atom is -0.399 e. The molecule has 4 rings (SSSR count). The Balaban J connectivity index is 1.94. The molecule has 1 aliphatic heterocycles. The molecule has 0 saturated carbocycles. The third-order valence-electron chi connectivity index (χ3n) is 5.15. The summed E-state index contributed by atoms with van der Waals surface area (Å²) < 4.78 is 12.4. The first kappa shape index (κ1) is 15.1. The van der Waals surface area contributed by atoms with Gasteiger partial charge in [-0.25, -0.2) is 0 Å². The van der Waals surface area contributed by atoms with Crippen molar-refractivity contribution >= 4 is 46.0 Å². The van der Waals surface area contributed by atoms with Gasteiger partial charge in [0.1, 0.15) is 0 Å². The number of nitrogens with one attached hydrogen (secondary N) is 1. The highest BCUT2D eigenvalue weighted by Gasteiger charge is 2.52. The first-order valence-corrected chi connectivity index (χ1v) is 8.22. The van der Waals surface area contributed by atoms with Crippen LogP contribution < -0.4 is 5.46 Å². The molecular weight excluding hydrogens is 308 g/mol. The quantitative estimate of drug-likeness (QED) is 0.677. The lowest BCUT2D eigenvalue weighted by molar-refractivity contribution is 0.00578. The van der Waals surface area contributed by atoms with Gasteiger partial charge in [0.2, 0.25) is 0 Å². The number of hydrogen-bond donors (Lipinski definition) is 1. The van der Waals surface area contributed by atoms with Crippen LogP contribution in [0.1, 0.15) is 27.7 Å². The van der Waals surface area contributed by atoms with Crippen molar-refractivity contribution in [1.29, 1.82) is 0 Å². The summed E-state index contributed by atoms with van der Waals surface area (Å²) in [6.45, 7) is 8.24. The third-order valence-corrected chi connectivity index (χ3v) is 5.46. The molecule has 1 aromatic heterocycles. The Morgan fingerprint density at radius 3 is 2.30 bits per heavy atom. The molecule has 3 nitrogen and oxygen atoms in total. The lowest BCUT2D eigenvalue weighted by Crippen LogP contribution is -2.41. The van der Waals surface area contributed by atoms with Crippen LogP contribution in [0.4, 0.5) is 0 Å². The lowest BCUT2D eigenvalue weighted by atomic mass is 9.78. The van der Waals surface area contributed by atoms with Gasteiger partial charge in [-0.05, 0) is 39.8 Å². The third kappa shape index (κ3) is 2.13. The van der Waals surface area contributed by atoms with Gasteiger partial charge in [-0.3, -0.25) is 0 Å². The van der Waals surface area contributed by atoms with Crippen LogP contribution in [0.15, 0.2) is 36.4 Å². The Labute approximate surface area is 141 Å². The fraction of sp³-hybridized carbons (Fsp3) is 0.333. The highest BCUT2D eigenvalue weighted by atomic mass is 35.5. The topological polar surface area (TPSA) is 34.2 Å². The zero-order chi connectivity index (χ0) is 16.4. The SMILES string of the molecule is CC1(C)OB(c2ccc(Cl)c3c2[nH]c2ccccc23)OC1(C)C. The van der Waals surface area contributed by atoms with E-state index < -0.39 is 7.12 Å². The van der Waals surface area contributed by atoms with Crippen molar-refractivity contribution < 1.29 is 9.31 Å². The molecule has 0 spiro atoms. The van der Waals surface area contributed by atoms with Crippen LogP contribution in [0, 0.1) is 0 Å². The predicted molar refractivity (Wildman–Crippen MR) is 96.5 cm³/mol. The fourth-order valence-electron chi connectivity index (χ4n) is 3.10. The number of rotatable bonds is 1. The number of H-pyrrole nitrogens is 1. The van der Waals surface area contributed by atoms with Crippen molar-refractivity contribution in [3.63, 3.8) is 0 Å². The molecule has 118 valence electrons. The molecule has 1 N–H and O–H groups in total. The first-order valence-electron chi connectivity index (χ1n) is 7.85. The molecular formula is C18H19BClNO2. The number of fused-ring (bicyclic) bond motifs is 3. The van der Waals surface area contributed by atoms with Gasteiger partial charge in [0.05, 0.1) is 16.2 Å². The number of aromatic amines is 1. The van der Waals surface area contributed by atoms with Gasteiger partial charge in [0.15, 0.2) is 0 Å². The largest absolute Gasteiger partial charge is 0.497 e. The number of halogens is 1. The predicted octanol–water partition coefficient (Wildman–Crippen LogP) is 4.27. The molecule has 5 heteroatoms. The highest BCUT2D eigenvalue weighted by Crippen LogP contribution is 2.38. The second-order valence-electron chi connectivity index (χ2n) is 7.15. The summed E-state index contributed by atoms with van der Waals surface area (Å²) in [5.41, 5.74) is 2.30. The van der Waals surface area contributed by atoms with Crippen molar-refractivity contribution in [2.45, 2.75) is 38.9 Å². The lowest BCUT2D eigenvalue weighted by Gasteiger charge is -2.32. The fourth-order valence-corrected chi connectivity index (χ4v) is 3.36. The summed E-state index contributed by atoms with van der Waals surface area (Å²) in [4.78, 5) is 3.47. The average Bonchev–Trinajstić information content (AvgIpc) is 2.95. The van der Waals surface area contributed by atoms with E-state index in [9.17, 15) is 0 Å². The van der Waals surface area contributed by atoms with Gasteiger partial charge in [0, 0.05) is 27.3 Å². The number of aromatic nitrogens is 1. The molecule has 1 fully saturated rings. The molecule has 1 aliphatic rings. The van der Waals surface area contributed by atoms with Crippen LogP contribution in [0.2, 0.25) is 5.02 Å². The van der Waals surface area contributed by atoms with E-state index in [0.29, 0.717) is 0 Å². The van der Waals surface area contributed by atoms with E-state index in [-0.39, 0.29) is 11.2 Å². The van der Waals surface area contributed by atoms with E-state index in [0.717, 1.165) is 32.3 Å². The van der Waals surface area contributed by atoms with E-state index in [1.807, 2.05) is 24.3 Å². The van der Waals surface area contributed by atoms with Crippen LogP contribution in [-0.4, -0.2) is 23.3 Å². The smallest absolute Gasteiger partial charge is 0.399 e. The Bertz CT molecular complexity index is 900.